The fraction of sp³-hybridized carbons (Fsp3) is 0.267. The van der Waals surface area contributed by atoms with Crippen LogP contribution in [0.5, 0.6) is 0 Å². The fourth-order valence-corrected chi connectivity index (χ4v) is 3.61. The van der Waals surface area contributed by atoms with Gasteiger partial charge in [-0.05, 0) is 31.2 Å². The van der Waals surface area contributed by atoms with Crippen LogP contribution in [0.15, 0.2) is 35.4 Å². The molecule has 1 heterocycles. The normalized spacial score (nSPS) is 11.7. The minimum absolute atomic E-state index is 0.0117. The van der Waals surface area contributed by atoms with E-state index in [1.165, 1.54) is 34.8 Å². The lowest BCUT2D eigenvalue weighted by atomic mass is 10.2. The van der Waals surface area contributed by atoms with Crippen molar-refractivity contribution in [3.8, 4) is 0 Å². The molecule has 1 aromatic carbocycles. The minimum atomic E-state index is -3.73. The largest absolute Gasteiger partial charge is 0.478 e. The molecule has 1 N–H and O–H groups in total. The van der Waals surface area contributed by atoms with Crippen molar-refractivity contribution in [2.24, 2.45) is 0 Å². The van der Waals surface area contributed by atoms with E-state index in [0.29, 0.717) is 5.02 Å². The maximum atomic E-state index is 12.7. The molecule has 0 radical (unpaired) electrons. The number of hydrogen-bond donors (Lipinski definition) is 1. The fourth-order valence-electron chi connectivity index (χ4n) is 2.08. The third-order valence-corrected chi connectivity index (χ3v) is 5.57. The number of carbonyl (C=O) groups is 1. The van der Waals surface area contributed by atoms with Gasteiger partial charge in [0.15, 0.2) is 0 Å². The maximum Gasteiger partial charge on any atom is 0.339 e. The molecule has 0 unspecified atom stereocenters. The second-order valence-corrected chi connectivity index (χ2v) is 7.35. The van der Waals surface area contributed by atoms with E-state index in [2.05, 4.69) is 9.97 Å². The molecular weight excluding hydrogens is 354 g/mol. The van der Waals surface area contributed by atoms with E-state index >= 15 is 0 Å². The molecule has 9 heteroatoms. The van der Waals surface area contributed by atoms with Crippen LogP contribution in [0.3, 0.4) is 0 Å². The summed E-state index contributed by atoms with van der Waals surface area (Å²) >= 11 is 5.79. The second kappa shape index (κ2) is 7.25. The highest BCUT2D eigenvalue weighted by Crippen LogP contribution is 2.19. The summed E-state index contributed by atoms with van der Waals surface area (Å²) in [6, 6.07) is 5.87. The first-order valence-corrected chi connectivity index (χ1v) is 8.89. The second-order valence-electron chi connectivity index (χ2n) is 4.98. The number of carboxylic acids is 1. The van der Waals surface area contributed by atoms with Gasteiger partial charge >= 0.3 is 5.97 Å². The molecule has 0 spiro atoms. The van der Waals surface area contributed by atoms with Crippen LogP contribution >= 0.6 is 11.6 Å². The van der Waals surface area contributed by atoms with Gasteiger partial charge < -0.3 is 5.11 Å². The van der Waals surface area contributed by atoms with Gasteiger partial charge in [0.05, 0.1) is 22.7 Å². The highest BCUT2D eigenvalue weighted by molar-refractivity contribution is 7.89. The molecule has 0 aliphatic heterocycles. The summed E-state index contributed by atoms with van der Waals surface area (Å²) in [7, 11) is -3.73. The zero-order valence-corrected chi connectivity index (χ0v) is 14.7. The van der Waals surface area contributed by atoms with Crippen molar-refractivity contribution in [2.75, 3.05) is 6.54 Å². The summed E-state index contributed by atoms with van der Waals surface area (Å²) < 4.78 is 26.6. The predicted molar refractivity (Wildman–Crippen MR) is 88.5 cm³/mol. The summed E-state index contributed by atoms with van der Waals surface area (Å²) in [6.07, 6.45) is 1.18. The minimum Gasteiger partial charge on any atom is -0.478 e. The lowest BCUT2D eigenvalue weighted by Crippen LogP contribution is -2.31. The average Bonchev–Trinajstić information content (AvgIpc) is 2.52. The molecule has 0 aliphatic carbocycles. The van der Waals surface area contributed by atoms with Crippen molar-refractivity contribution in [1.29, 1.82) is 0 Å². The zero-order chi connectivity index (χ0) is 17.9. The molecule has 0 amide bonds. The molecule has 2 rings (SSSR count). The van der Waals surface area contributed by atoms with E-state index in [0.717, 1.165) is 0 Å². The molecule has 0 saturated heterocycles. The van der Waals surface area contributed by atoms with Crippen LogP contribution in [0.2, 0.25) is 5.02 Å². The first-order chi connectivity index (χ1) is 11.3. The van der Waals surface area contributed by atoms with Crippen LogP contribution in [-0.4, -0.2) is 40.3 Å². The Balaban J connectivity index is 2.30. The van der Waals surface area contributed by atoms with Gasteiger partial charge in [-0.3, -0.25) is 0 Å². The number of halogens is 1. The van der Waals surface area contributed by atoms with Crippen LogP contribution in [0.1, 0.15) is 28.8 Å². The Morgan fingerprint density at radius 2 is 1.92 bits per heavy atom. The molecule has 128 valence electrons. The summed E-state index contributed by atoms with van der Waals surface area (Å²) in [6.45, 7) is 3.40. The summed E-state index contributed by atoms with van der Waals surface area (Å²) in [5.74, 6) is -0.892. The Bertz CT molecular complexity index is 854. The number of carboxylic acid groups (broad SMARTS) is 1. The number of benzene rings is 1. The monoisotopic (exact) mass is 369 g/mol. The van der Waals surface area contributed by atoms with Crippen LogP contribution in [-0.2, 0) is 16.6 Å². The van der Waals surface area contributed by atoms with Gasteiger partial charge in [0.2, 0.25) is 10.0 Å². The van der Waals surface area contributed by atoms with Crippen LogP contribution in [0.4, 0.5) is 0 Å². The van der Waals surface area contributed by atoms with E-state index in [1.807, 2.05) is 0 Å². The number of aryl methyl sites for hydroxylation is 1. The molecule has 0 saturated carbocycles. The smallest absolute Gasteiger partial charge is 0.339 e. The van der Waals surface area contributed by atoms with Gasteiger partial charge in [0.1, 0.15) is 5.82 Å². The Labute approximate surface area is 145 Å². The van der Waals surface area contributed by atoms with E-state index in [9.17, 15) is 13.2 Å². The van der Waals surface area contributed by atoms with Gasteiger partial charge in [0.25, 0.3) is 0 Å². The number of aromatic carboxylic acids is 1. The predicted octanol–water partition coefficient (Wildman–Crippen LogP) is 2.35. The van der Waals surface area contributed by atoms with Crippen molar-refractivity contribution < 1.29 is 18.3 Å². The Morgan fingerprint density at radius 1 is 1.29 bits per heavy atom. The number of aromatic nitrogens is 2. The number of hydrogen-bond acceptors (Lipinski definition) is 5. The molecule has 24 heavy (non-hydrogen) atoms. The molecule has 0 atom stereocenters. The third-order valence-electron chi connectivity index (χ3n) is 3.38. The average molecular weight is 370 g/mol. The first kappa shape index (κ1) is 18.3. The molecule has 0 bridgehead atoms. The summed E-state index contributed by atoms with van der Waals surface area (Å²) in [5.41, 5.74) is 0.273. The molecule has 1 aromatic heterocycles. The van der Waals surface area contributed by atoms with Gasteiger partial charge in [-0.2, -0.15) is 4.31 Å². The molecule has 0 aliphatic rings. The zero-order valence-electron chi connectivity index (χ0n) is 13.1. The summed E-state index contributed by atoms with van der Waals surface area (Å²) in [5, 5.41) is 9.43. The van der Waals surface area contributed by atoms with Crippen molar-refractivity contribution in [1.82, 2.24) is 14.3 Å². The van der Waals surface area contributed by atoms with Gasteiger partial charge in [-0.1, -0.05) is 18.5 Å². The Hall–Kier alpha value is -2.03. The Morgan fingerprint density at radius 3 is 2.42 bits per heavy atom. The molecule has 7 nitrogen and oxygen atoms in total. The van der Waals surface area contributed by atoms with E-state index in [-0.39, 0.29) is 35.1 Å². The van der Waals surface area contributed by atoms with E-state index < -0.39 is 16.0 Å². The van der Waals surface area contributed by atoms with Crippen molar-refractivity contribution in [3.63, 3.8) is 0 Å². The van der Waals surface area contributed by atoms with Crippen LogP contribution in [0, 0.1) is 6.92 Å². The number of sulfonamides is 1. The first-order valence-electron chi connectivity index (χ1n) is 7.07. The van der Waals surface area contributed by atoms with Crippen molar-refractivity contribution >= 4 is 27.6 Å². The SMILES string of the molecule is CCN(Cc1ncc(C(=O)O)c(C)n1)S(=O)(=O)c1ccc(Cl)cc1. The highest BCUT2D eigenvalue weighted by Gasteiger charge is 2.24. The lowest BCUT2D eigenvalue weighted by molar-refractivity contribution is 0.0695. The summed E-state index contributed by atoms with van der Waals surface area (Å²) in [4.78, 5) is 19.1. The molecule has 2 aromatic rings. The molecule has 0 fully saturated rings. The van der Waals surface area contributed by atoms with Crippen molar-refractivity contribution in [3.05, 3.63) is 52.6 Å². The van der Waals surface area contributed by atoms with Crippen LogP contribution < -0.4 is 0 Å². The third kappa shape index (κ3) is 3.89. The van der Waals surface area contributed by atoms with E-state index in [4.69, 9.17) is 16.7 Å². The topological polar surface area (TPSA) is 100 Å². The van der Waals surface area contributed by atoms with Gasteiger partial charge in [-0.15, -0.1) is 0 Å². The van der Waals surface area contributed by atoms with Crippen LogP contribution in [0.25, 0.3) is 0 Å². The van der Waals surface area contributed by atoms with Gasteiger partial charge in [0, 0.05) is 17.8 Å². The number of nitrogens with zero attached hydrogens (tertiary/aromatic N) is 3. The quantitative estimate of drug-likeness (QED) is 0.838. The lowest BCUT2D eigenvalue weighted by Gasteiger charge is -2.20. The Kier molecular flexibility index (Phi) is 5.53. The maximum absolute atomic E-state index is 12.7. The van der Waals surface area contributed by atoms with E-state index in [1.54, 1.807) is 13.8 Å². The highest BCUT2D eigenvalue weighted by atomic mass is 35.5. The standard InChI is InChI=1S/C15H16ClN3O4S/c1-3-19(24(22,23)12-6-4-11(16)5-7-12)9-14-17-8-13(15(20)21)10(2)18-14/h4-8H,3,9H2,1-2H3,(H,20,21). The van der Waals surface area contributed by atoms with Gasteiger partial charge in [-0.25, -0.2) is 23.2 Å². The molecular formula is C15H16ClN3O4S. The van der Waals surface area contributed by atoms with Crippen molar-refractivity contribution in [2.45, 2.75) is 25.3 Å². The number of rotatable bonds is 6.